The maximum Gasteiger partial charge on any atom is 0.247 e. The minimum Gasteiger partial charge on any atom is -0.419 e. The summed E-state index contributed by atoms with van der Waals surface area (Å²) in [6.07, 6.45) is 4.23. The first-order valence-electron chi connectivity index (χ1n) is 6.53. The molecule has 1 atom stereocenters. The molecule has 0 bridgehead atoms. The first-order valence-corrected chi connectivity index (χ1v) is 6.53. The van der Waals surface area contributed by atoms with Gasteiger partial charge in [-0.3, -0.25) is 9.97 Å². The van der Waals surface area contributed by atoms with Crippen molar-refractivity contribution in [3.05, 3.63) is 36.5 Å². The van der Waals surface area contributed by atoms with E-state index in [0.29, 0.717) is 11.8 Å². The van der Waals surface area contributed by atoms with Crippen LogP contribution in [0.3, 0.4) is 0 Å². The fourth-order valence-corrected chi connectivity index (χ4v) is 2.09. The molecular weight excluding hydrogens is 254 g/mol. The van der Waals surface area contributed by atoms with Gasteiger partial charge in [0.1, 0.15) is 0 Å². The first kappa shape index (κ1) is 12.7. The van der Waals surface area contributed by atoms with Crippen LogP contribution in [-0.4, -0.2) is 27.2 Å². The van der Waals surface area contributed by atoms with Crippen molar-refractivity contribution in [1.29, 1.82) is 0 Å². The Kier molecular flexibility index (Phi) is 3.39. The molecule has 0 radical (unpaired) electrons. The zero-order valence-corrected chi connectivity index (χ0v) is 11.4. The van der Waals surface area contributed by atoms with Crippen LogP contribution < -0.4 is 5.32 Å². The minimum absolute atomic E-state index is 0.0801. The van der Waals surface area contributed by atoms with Gasteiger partial charge in [-0.25, -0.2) is 0 Å². The Hall–Kier alpha value is -2.34. The summed E-state index contributed by atoms with van der Waals surface area (Å²) in [5.74, 6) is 1.10. The second-order valence-corrected chi connectivity index (χ2v) is 4.45. The van der Waals surface area contributed by atoms with Crippen molar-refractivity contribution in [3.8, 4) is 11.5 Å². The molecule has 20 heavy (non-hydrogen) atoms. The topological polar surface area (TPSA) is 76.7 Å². The molecule has 3 aromatic rings. The number of hydrogen-bond donors (Lipinski definition) is 1. The number of rotatable bonds is 4. The van der Waals surface area contributed by atoms with E-state index in [2.05, 4.69) is 32.4 Å². The minimum atomic E-state index is 0.0801. The summed E-state index contributed by atoms with van der Waals surface area (Å²) < 4.78 is 5.73. The average Bonchev–Trinajstić information content (AvgIpc) is 2.98. The Morgan fingerprint density at radius 1 is 1.15 bits per heavy atom. The van der Waals surface area contributed by atoms with E-state index in [1.165, 1.54) is 0 Å². The lowest BCUT2D eigenvalue weighted by Crippen LogP contribution is -2.15. The monoisotopic (exact) mass is 269 g/mol. The van der Waals surface area contributed by atoms with Gasteiger partial charge in [0.25, 0.3) is 0 Å². The summed E-state index contributed by atoms with van der Waals surface area (Å²) in [4.78, 5) is 8.51. The van der Waals surface area contributed by atoms with Crippen LogP contribution in [0.1, 0.15) is 25.3 Å². The number of fused-ring (bicyclic) bond motifs is 1. The lowest BCUT2D eigenvalue weighted by Gasteiger charge is -2.07. The molecule has 102 valence electrons. The summed E-state index contributed by atoms with van der Waals surface area (Å²) >= 11 is 0. The quantitative estimate of drug-likeness (QED) is 0.783. The van der Waals surface area contributed by atoms with E-state index in [0.717, 1.165) is 23.0 Å². The van der Waals surface area contributed by atoms with E-state index in [-0.39, 0.29) is 6.04 Å². The Morgan fingerprint density at radius 3 is 2.70 bits per heavy atom. The van der Waals surface area contributed by atoms with Crippen LogP contribution >= 0.6 is 0 Å². The Balaban J connectivity index is 1.98. The van der Waals surface area contributed by atoms with Gasteiger partial charge >= 0.3 is 0 Å². The van der Waals surface area contributed by atoms with Gasteiger partial charge in [0.2, 0.25) is 11.8 Å². The molecule has 0 aliphatic carbocycles. The fraction of sp³-hybridized carbons (Fsp3) is 0.286. The molecule has 0 spiro atoms. The SMILES string of the molecule is CCC(NC)c1nnc(-c2ccc3nccnc3c2)o1. The van der Waals surface area contributed by atoms with Crippen LogP contribution in [0, 0.1) is 0 Å². The van der Waals surface area contributed by atoms with Gasteiger partial charge in [-0.05, 0) is 31.7 Å². The van der Waals surface area contributed by atoms with Crippen molar-refractivity contribution in [1.82, 2.24) is 25.5 Å². The highest BCUT2D eigenvalue weighted by molar-refractivity contribution is 5.78. The van der Waals surface area contributed by atoms with Crippen LogP contribution in [-0.2, 0) is 0 Å². The largest absolute Gasteiger partial charge is 0.419 e. The van der Waals surface area contributed by atoms with Crippen molar-refractivity contribution < 1.29 is 4.42 Å². The molecule has 3 rings (SSSR count). The highest BCUT2D eigenvalue weighted by atomic mass is 16.4. The van der Waals surface area contributed by atoms with Gasteiger partial charge in [-0.15, -0.1) is 10.2 Å². The molecule has 2 heterocycles. The predicted molar refractivity (Wildman–Crippen MR) is 74.9 cm³/mol. The molecule has 1 aromatic carbocycles. The third kappa shape index (κ3) is 2.25. The van der Waals surface area contributed by atoms with E-state index >= 15 is 0 Å². The summed E-state index contributed by atoms with van der Waals surface area (Å²) in [6, 6.07) is 5.79. The molecule has 0 amide bonds. The van der Waals surface area contributed by atoms with Crippen molar-refractivity contribution in [2.24, 2.45) is 0 Å². The molecular formula is C14H15N5O. The van der Waals surface area contributed by atoms with Gasteiger partial charge in [-0.2, -0.15) is 0 Å². The molecule has 6 heteroatoms. The third-order valence-electron chi connectivity index (χ3n) is 3.21. The Bertz CT molecular complexity index is 720. The lowest BCUT2D eigenvalue weighted by atomic mass is 10.2. The average molecular weight is 269 g/mol. The van der Waals surface area contributed by atoms with Crippen molar-refractivity contribution in [3.63, 3.8) is 0 Å². The maximum atomic E-state index is 5.73. The van der Waals surface area contributed by atoms with Crippen LogP contribution in [0.25, 0.3) is 22.5 Å². The van der Waals surface area contributed by atoms with Crippen molar-refractivity contribution in [2.75, 3.05) is 7.05 Å². The predicted octanol–water partition coefficient (Wildman–Crippen LogP) is 2.35. The van der Waals surface area contributed by atoms with Crippen molar-refractivity contribution >= 4 is 11.0 Å². The van der Waals surface area contributed by atoms with Gasteiger partial charge in [0.15, 0.2) is 0 Å². The van der Waals surface area contributed by atoms with Gasteiger partial charge in [0.05, 0.1) is 17.1 Å². The zero-order valence-electron chi connectivity index (χ0n) is 11.4. The summed E-state index contributed by atoms with van der Waals surface area (Å²) in [6.45, 7) is 2.07. The third-order valence-corrected chi connectivity index (χ3v) is 3.21. The molecule has 0 fully saturated rings. The van der Waals surface area contributed by atoms with Crippen LogP contribution in [0.5, 0.6) is 0 Å². The van der Waals surface area contributed by atoms with Crippen molar-refractivity contribution in [2.45, 2.75) is 19.4 Å². The second kappa shape index (κ2) is 5.34. The lowest BCUT2D eigenvalue weighted by molar-refractivity contribution is 0.415. The summed E-state index contributed by atoms with van der Waals surface area (Å²) in [7, 11) is 1.88. The maximum absolute atomic E-state index is 5.73. The molecule has 0 aliphatic heterocycles. The summed E-state index contributed by atoms with van der Waals surface area (Å²) in [5, 5.41) is 11.3. The van der Waals surface area contributed by atoms with E-state index in [1.807, 2.05) is 25.2 Å². The van der Waals surface area contributed by atoms with E-state index in [9.17, 15) is 0 Å². The molecule has 6 nitrogen and oxygen atoms in total. The molecule has 1 N–H and O–H groups in total. The molecule has 1 unspecified atom stereocenters. The standard InChI is InChI=1S/C14H15N5O/c1-3-10(15-2)14-19-18-13(20-14)9-4-5-11-12(8-9)17-7-6-16-11/h4-8,10,15H,3H2,1-2H3. The summed E-state index contributed by atoms with van der Waals surface area (Å²) in [5.41, 5.74) is 2.51. The van der Waals surface area contributed by atoms with Gasteiger partial charge in [-0.1, -0.05) is 6.92 Å². The molecule has 0 saturated heterocycles. The van der Waals surface area contributed by atoms with Crippen LogP contribution in [0.4, 0.5) is 0 Å². The smallest absolute Gasteiger partial charge is 0.247 e. The van der Waals surface area contributed by atoms with Crippen LogP contribution in [0.2, 0.25) is 0 Å². The Labute approximate surface area is 116 Å². The number of aromatic nitrogens is 4. The highest BCUT2D eigenvalue weighted by Gasteiger charge is 2.16. The number of hydrogen-bond acceptors (Lipinski definition) is 6. The molecule has 2 aromatic heterocycles. The van der Waals surface area contributed by atoms with E-state index in [1.54, 1.807) is 12.4 Å². The van der Waals surface area contributed by atoms with E-state index in [4.69, 9.17) is 4.42 Å². The Morgan fingerprint density at radius 2 is 1.95 bits per heavy atom. The molecule has 0 aliphatic rings. The number of benzene rings is 1. The van der Waals surface area contributed by atoms with Crippen LogP contribution in [0.15, 0.2) is 35.0 Å². The first-order chi connectivity index (χ1) is 9.81. The van der Waals surface area contributed by atoms with Gasteiger partial charge < -0.3 is 9.73 Å². The number of nitrogens with one attached hydrogen (secondary N) is 1. The molecule has 0 saturated carbocycles. The highest BCUT2D eigenvalue weighted by Crippen LogP contribution is 2.24. The zero-order chi connectivity index (χ0) is 13.9. The van der Waals surface area contributed by atoms with Gasteiger partial charge in [0, 0.05) is 18.0 Å². The van der Waals surface area contributed by atoms with E-state index < -0.39 is 0 Å². The number of nitrogens with zero attached hydrogens (tertiary/aromatic N) is 4. The fourth-order valence-electron chi connectivity index (χ4n) is 2.09. The normalized spacial score (nSPS) is 12.7. The second-order valence-electron chi connectivity index (χ2n) is 4.45.